The van der Waals surface area contributed by atoms with Gasteiger partial charge < -0.3 is 14.8 Å². The number of carboxylic acid groups (broad SMARTS) is 1. The van der Waals surface area contributed by atoms with Crippen LogP contribution in [0.5, 0.6) is 0 Å². The Morgan fingerprint density at radius 2 is 2.11 bits per heavy atom. The molecule has 0 aliphatic carbocycles. The molecule has 0 unspecified atom stereocenters. The van der Waals surface area contributed by atoms with E-state index in [2.05, 4.69) is 9.72 Å². The quantitative estimate of drug-likeness (QED) is 0.647. The Hall–Kier alpha value is -2.03. The van der Waals surface area contributed by atoms with Crippen molar-refractivity contribution >= 4 is 27.6 Å². The summed E-state index contributed by atoms with van der Waals surface area (Å²) in [5.74, 6) is -3.13. The Bertz CT molecular complexity index is 574. The molecule has 0 radical (unpaired) electrons. The van der Waals surface area contributed by atoms with Gasteiger partial charge in [0.25, 0.3) is 0 Å². The molecule has 0 spiro atoms. The summed E-state index contributed by atoms with van der Waals surface area (Å²) >= 11 is 0. The molecule has 0 saturated carbocycles. The summed E-state index contributed by atoms with van der Waals surface area (Å²) in [4.78, 5) is 24.2. The third-order valence-corrected chi connectivity index (χ3v) is 3.11. The van der Waals surface area contributed by atoms with Crippen LogP contribution in [0.4, 0.5) is 5.69 Å². The van der Waals surface area contributed by atoms with Gasteiger partial charge in [-0.1, -0.05) is 0 Å². The second-order valence-corrected chi connectivity index (χ2v) is 5.21. The van der Waals surface area contributed by atoms with Crippen molar-refractivity contribution in [3.05, 3.63) is 17.5 Å². The molecule has 9 heteroatoms. The Balaban J connectivity index is 2.97. The van der Waals surface area contributed by atoms with Crippen LogP contribution in [-0.2, 0) is 19.6 Å². The van der Waals surface area contributed by atoms with Crippen LogP contribution in [0.2, 0.25) is 0 Å². The van der Waals surface area contributed by atoms with Gasteiger partial charge in [0.1, 0.15) is 5.69 Å². The number of carbonyl (C=O) groups excluding carboxylic acids is 1. The van der Waals surface area contributed by atoms with E-state index in [9.17, 15) is 18.0 Å². The van der Waals surface area contributed by atoms with Crippen LogP contribution in [0.15, 0.2) is 6.07 Å². The number of ether oxygens (including phenoxy) is 1. The summed E-state index contributed by atoms with van der Waals surface area (Å²) in [6.07, 6.45) is 0. The van der Waals surface area contributed by atoms with Crippen molar-refractivity contribution in [1.29, 1.82) is 0 Å². The third-order valence-electron chi connectivity index (χ3n) is 1.97. The molecule has 8 nitrogen and oxygen atoms in total. The maximum Gasteiger partial charge on any atom is 0.354 e. The second-order valence-electron chi connectivity index (χ2n) is 3.48. The number of nitrogens with one attached hydrogen (secondary N) is 2. The zero-order chi connectivity index (χ0) is 13.9. The lowest BCUT2D eigenvalue weighted by Gasteiger charge is -2.05. The second kappa shape index (κ2) is 5.08. The smallest absolute Gasteiger partial charge is 0.354 e. The zero-order valence-electron chi connectivity index (χ0n) is 9.68. The molecular formula is C9H12N2O6S. The summed E-state index contributed by atoms with van der Waals surface area (Å²) in [6, 6.07) is 1.32. The number of hydrogen-bond donors (Lipinski definition) is 3. The molecular weight excluding hydrogens is 264 g/mol. The number of rotatable bonds is 5. The maximum atomic E-state index is 11.5. The molecule has 0 aliphatic rings. The minimum Gasteiger partial charge on any atom is -0.477 e. The SMILES string of the molecule is COC(=O)CS(=O)(=O)Nc1cc(C)[nH]c1C(=O)O. The van der Waals surface area contributed by atoms with Gasteiger partial charge in [-0.25, -0.2) is 13.2 Å². The number of sulfonamides is 1. The highest BCUT2D eigenvalue weighted by Crippen LogP contribution is 2.18. The van der Waals surface area contributed by atoms with Gasteiger partial charge in [0.2, 0.25) is 10.0 Å². The highest BCUT2D eigenvalue weighted by Gasteiger charge is 2.21. The van der Waals surface area contributed by atoms with Crippen molar-refractivity contribution in [1.82, 2.24) is 4.98 Å². The number of carbonyl (C=O) groups is 2. The molecule has 0 bridgehead atoms. The molecule has 1 rings (SSSR count). The maximum absolute atomic E-state index is 11.5. The van der Waals surface area contributed by atoms with E-state index in [0.29, 0.717) is 5.69 Å². The lowest BCUT2D eigenvalue weighted by Crippen LogP contribution is -2.24. The fourth-order valence-electron chi connectivity index (χ4n) is 1.26. The standard InChI is InChI=1S/C9H12N2O6S/c1-5-3-6(8(10-5)9(13)14)11-18(15,16)4-7(12)17-2/h3,10-11H,4H2,1-2H3,(H,13,14). The minimum atomic E-state index is -4.00. The van der Waals surface area contributed by atoms with Gasteiger partial charge >= 0.3 is 11.9 Å². The Kier molecular flexibility index (Phi) is 3.96. The molecule has 100 valence electrons. The minimum absolute atomic E-state index is 0.121. The van der Waals surface area contributed by atoms with Gasteiger partial charge in [-0.3, -0.25) is 9.52 Å². The van der Waals surface area contributed by atoms with Gasteiger partial charge in [0.15, 0.2) is 5.75 Å². The first-order valence-corrected chi connectivity index (χ1v) is 6.40. The first-order valence-electron chi connectivity index (χ1n) is 4.75. The van der Waals surface area contributed by atoms with E-state index < -0.39 is 27.7 Å². The van der Waals surface area contributed by atoms with E-state index >= 15 is 0 Å². The summed E-state index contributed by atoms with van der Waals surface area (Å²) in [5.41, 5.74) is 0.0630. The molecule has 0 saturated heterocycles. The van der Waals surface area contributed by atoms with E-state index in [1.54, 1.807) is 6.92 Å². The average Bonchev–Trinajstić information content (AvgIpc) is 2.57. The number of aromatic nitrogens is 1. The van der Waals surface area contributed by atoms with E-state index in [1.807, 2.05) is 4.72 Å². The van der Waals surface area contributed by atoms with E-state index in [1.165, 1.54) is 6.07 Å². The number of carboxylic acids is 1. The van der Waals surface area contributed by atoms with Gasteiger partial charge in [-0.2, -0.15) is 0 Å². The summed E-state index contributed by atoms with van der Waals surface area (Å²) < 4.78 is 29.3. The number of esters is 1. The van der Waals surface area contributed by atoms with E-state index in [0.717, 1.165) is 7.11 Å². The molecule has 0 fully saturated rings. The van der Waals surface area contributed by atoms with Crippen molar-refractivity contribution in [2.45, 2.75) is 6.92 Å². The highest BCUT2D eigenvalue weighted by molar-refractivity contribution is 7.93. The van der Waals surface area contributed by atoms with Crippen molar-refractivity contribution in [2.75, 3.05) is 17.6 Å². The van der Waals surface area contributed by atoms with Crippen LogP contribution in [-0.4, -0.2) is 43.3 Å². The van der Waals surface area contributed by atoms with Gasteiger partial charge in [-0.15, -0.1) is 0 Å². The fourth-order valence-corrected chi connectivity index (χ4v) is 2.25. The van der Waals surface area contributed by atoms with Crippen LogP contribution >= 0.6 is 0 Å². The van der Waals surface area contributed by atoms with Crippen LogP contribution in [0.1, 0.15) is 16.2 Å². The molecule has 0 atom stereocenters. The summed E-state index contributed by atoms with van der Waals surface area (Å²) in [7, 11) is -2.94. The van der Waals surface area contributed by atoms with Gasteiger partial charge in [0.05, 0.1) is 12.8 Å². The molecule has 3 N–H and O–H groups in total. The number of hydrogen-bond acceptors (Lipinski definition) is 5. The number of aromatic carboxylic acids is 1. The Morgan fingerprint density at radius 3 is 2.61 bits per heavy atom. The number of aromatic amines is 1. The molecule has 18 heavy (non-hydrogen) atoms. The fraction of sp³-hybridized carbons (Fsp3) is 0.333. The first-order chi connectivity index (χ1) is 8.25. The summed E-state index contributed by atoms with van der Waals surface area (Å²) in [5, 5.41) is 8.85. The molecule has 1 heterocycles. The normalized spacial score (nSPS) is 11.0. The van der Waals surface area contributed by atoms with E-state index in [-0.39, 0.29) is 11.4 Å². The van der Waals surface area contributed by atoms with Crippen molar-refractivity contribution in [3.63, 3.8) is 0 Å². The first kappa shape index (κ1) is 14.0. The predicted molar refractivity (Wildman–Crippen MR) is 61.9 cm³/mol. The number of anilines is 1. The molecule has 1 aromatic heterocycles. The highest BCUT2D eigenvalue weighted by atomic mass is 32.2. The number of H-pyrrole nitrogens is 1. The number of methoxy groups -OCH3 is 1. The van der Waals surface area contributed by atoms with Crippen molar-refractivity contribution < 1.29 is 27.9 Å². The topological polar surface area (TPSA) is 126 Å². The lowest BCUT2D eigenvalue weighted by atomic mass is 10.4. The van der Waals surface area contributed by atoms with E-state index in [4.69, 9.17) is 5.11 Å². The largest absolute Gasteiger partial charge is 0.477 e. The third kappa shape index (κ3) is 3.48. The number of aryl methyl sites for hydroxylation is 1. The van der Waals surface area contributed by atoms with Crippen molar-refractivity contribution in [3.8, 4) is 0 Å². The zero-order valence-corrected chi connectivity index (χ0v) is 10.5. The Morgan fingerprint density at radius 1 is 1.50 bits per heavy atom. The average molecular weight is 276 g/mol. The van der Waals surface area contributed by atoms with Crippen LogP contribution in [0.3, 0.4) is 0 Å². The van der Waals surface area contributed by atoms with Gasteiger partial charge in [-0.05, 0) is 13.0 Å². The molecule has 0 aliphatic heterocycles. The molecule has 1 aromatic rings. The lowest BCUT2D eigenvalue weighted by molar-refractivity contribution is -0.137. The van der Waals surface area contributed by atoms with Crippen LogP contribution in [0.25, 0.3) is 0 Å². The van der Waals surface area contributed by atoms with Crippen LogP contribution in [0, 0.1) is 6.92 Å². The molecule has 0 amide bonds. The summed E-state index contributed by atoms with van der Waals surface area (Å²) in [6.45, 7) is 1.57. The molecule has 0 aromatic carbocycles. The van der Waals surface area contributed by atoms with Crippen molar-refractivity contribution in [2.24, 2.45) is 0 Å². The van der Waals surface area contributed by atoms with Crippen LogP contribution < -0.4 is 4.72 Å². The van der Waals surface area contributed by atoms with Gasteiger partial charge in [0, 0.05) is 5.69 Å². The monoisotopic (exact) mass is 276 g/mol. The predicted octanol–water partition coefficient (Wildman–Crippen LogP) is -0.0640. The Labute approximate surface area is 103 Å².